The van der Waals surface area contributed by atoms with E-state index in [-0.39, 0.29) is 24.5 Å². The predicted molar refractivity (Wildman–Crippen MR) is 106 cm³/mol. The molecule has 1 saturated heterocycles. The van der Waals surface area contributed by atoms with E-state index in [0.29, 0.717) is 16.9 Å². The summed E-state index contributed by atoms with van der Waals surface area (Å²) >= 11 is 0. The molecule has 0 aliphatic carbocycles. The van der Waals surface area contributed by atoms with Crippen LogP contribution in [0.5, 0.6) is 0 Å². The van der Waals surface area contributed by atoms with Crippen LogP contribution >= 0.6 is 0 Å². The van der Waals surface area contributed by atoms with E-state index in [2.05, 4.69) is 15.3 Å². The zero-order chi connectivity index (χ0) is 22.6. The molecule has 31 heavy (non-hydrogen) atoms. The number of hydrogen-bond acceptors (Lipinski definition) is 7. The summed E-state index contributed by atoms with van der Waals surface area (Å²) in [5.41, 5.74) is 5.82. The number of hydrogen-bond donors (Lipinski definition) is 2. The predicted octanol–water partition coefficient (Wildman–Crippen LogP) is 2.74. The maximum atomic E-state index is 14.0. The van der Waals surface area contributed by atoms with Crippen LogP contribution in [0, 0.1) is 18.3 Å². The maximum Gasteiger partial charge on any atom is 0.404 e. The van der Waals surface area contributed by atoms with Crippen molar-refractivity contribution in [1.82, 2.24) is 14.9 Å². The summed E-state index contributed by atoms with van der Waals surface area (Å²) in [7, 11) is 0. The van der Waals surface area contributed by atoms with Crippen LogP contribution in [0.2, 0.25) is 0 Å². The number of halogens is 2. The average Bonchev–Trinajstić information content (AvgIpc) is 2.73. The molecule has 0 radical (unpaired) electrons. The van der Waals surface area contributed by atoms with Gasteiger partial charge in [0.1, 0.15) is 23.9 Å². The minimum absolute atomic E-state index is 0.0248. The van der Waals surface area contributed by atoms with Gasteiger partial charge in [0, 0.05) is 12.6 Å². The highest BCUT2D eigenvalue weighted by Crippen LogP contribution is 2.32. The van der Waals surface area contributed by atoms with Gasteiger partial charge in [-0.3, -0.25) is 4.79 Å². The van der Waals surface area contributed by atoms with E-state index in [9.17, 15) is 18.4 Å². The smallest absolute Gasteiger partial charge is 0.404 e. The number of nitrogens with zero attached hydrogens (tertiary/aromatic N) is 4. The lowest BCUT2D eigenvalue weighted by atomic mass is 9.98. The van der Waals surface area contributed by atoms with Crippen molar-refractivity contribution < 1.29 is 23.1 Å². The van der Waals surface area contributed by atoms with Crippen molar-refractivity contribution in [2.45, 2.75) is 31.7 Å². The summed E-state index contributed by atoms with van der Waals surface area (Å²) < 4.78 is 32.8. The molecule has 1 fully saturated rings. The molecule has 0 aromatic carbocycles. The first kappa shape index (κ1) is 21.9. The third-order valence-corrected chi connectivity index (χ3v) is 4.81. The number of nitrogens with one attached hydrogen (secondary N) is 1. The van der Waals surface area contributed by atoms with Crippen molar-refractivity contribution in [3.8, 4) is 6.07 Å². The molecule has 0 unspecified atom stereocenters. The summed E-state index contributed by atoms with van der Waals surface area (Å²) in [5, 5.41) is 11.9. The number of alkyl halides is 2. The molecule has 1 atom stereocenters. The Morgan fingerprint density at radius 1 is 1.39 bits per heavy atom. The Labute approximate surface area is 176 Å². The quantitative estimate of drug-likeness (QED) is 0.745. The summed E-state index contributed by atoms with van der Waals surface area (Å²) in [5.74, 6) is -3.18. The molecule has 3 heterocycles. The van der Waals surface area contributed by atoms with Gasteiger partial charge in [0.15, 0.2) is 0 Å². The molecule has 0 spiro atoms. The van der Waals surface area contributed by atoms with E-state index in [1.165, 1.54) is 18.3 Å². The first-order valence-electron chi connectivity index (χ1n) is 9.40. The second-order valence-corrected chi connectivity index (χ2v) is 7.14. The minimum Gasteiger partial charge on any atom is -0.448 e. The van der Waals surface area contributed by atoms with Gasteiger partial charge in [0.05, 0.1) is 24.2 Å². The highest BCUT2D eigenvalue weighted by molar-refractivity contribution is 5.94. The number of ether oxygens (including phenoxy) is 1. The number of carbonyl (C=O) groups is 2. The normalized spacial score (nSPS) is 17.5. The molecule has 162 valence electrons. The molecule has 0 saturated carbocycles. The maximum absolute atomic E-state index is 14.0. The SMILES string of the molecule is Cc1ccc(Nc2cc(C#N)ccn2)nc1C(=O)N1CC(F)(F)CC[C@@H]1COC(N)=O. The van der Waals surface area contributed by atoms with Gasteiger partial charge in [0.25, 0.3) is 11.8 Å². The monoisotopic (exact) mass is 430 g/mol. The summed E-state index contributed by atoms with van der Waals surface area (Å²) in [6, 6.07) is 7.51. The fraction of sp³-hybridized carbons (Fsp3) is 0.350. The Morgan fingerprint density at radius 2 is 2.16 bits per heavy atom. The summed E-state index contributed by atoms with van der Waals surface area (Å²) in [6.07, 6.45) is -0.0792. The Bertz CT molecular complexity index is 1040. The number of aryl methyl sites for hydroxylation is 1. The highest BCUT2D eigenvalue weighted by Gasteiger charge is 2.43. The van der Waals surface area contributed by atoms with Crippen LogP contribution in [0.3, 0.4) is 0 Å². The van der Waals surface area contributed by atoms with E-state index in [1.54, 1.807) is 19.1 Å². The molecule has 11 heteroatoms. The minimum atomic E-state index is -3.07. The van der Waals surface area contributed by atoms with Crippen molar-refractivity contribution in [3.05, 3.63) is 47.3 Å². The molecule has 2 aromatic heterocycles. The van der Waals surface area contributed by atoms with Crippen LogP contribution in [-0.2, 0) is 4.74 Å². The average molecular weight is 430 g/mol. The Kier molecular flexibility index (Phi) is 6.29. The van der Waals surface area contributed by atoms with Gasteiger partial charge in [-0.1, -0.05) is 6.07 Å². The first-order valence-corrected chi connectivity index (χ1v) is 9.40. The third kappa shape index (κ3) is 5.42. The van der Waals surface area contributed by atoms with Crippen LogP contribution in [0.15, 0.2) is 30.5 Å². The number of nitriles is 1. The second kappa shape index (κ2) is 8.91. The molecule has 3 N–H and O–H groups in total. The number of likely N-dealkylation sites (tertiary alicyclic amines) is 1. The Morgan fingerprint density at radius 3 is 2.87 bits per heavy atom. The van der Waals surface area contributed by atoms with Crippen molar-refractivity contribution in [2.75, 3.05) is 18.5 Å². The first-order chi connectivity index (χ1) is 14.7. The number of carbonyl (C=O) groups excluding carboxylic acids is 2. The van der Waals surface area contributed by atoms with E-state index in [0.717, 1.165) is 4.90 Å². The van der Waals surface area contributed by atoms with Crippen LogP contribution in [0.1, 0.15) is 34.5 Å². The standard InChI is InChI=1S/C20H20F2N6O3/c1-12-2-3-15(26-16-8-13(9-23)5-7-25-16)27-17(12)18(29)28-11-20(21,22)6-4-14(28)10-31-19(24)30/h2-3,5,7-8,14H,4,6,10-11H2,1H3,(H2,24,30)(H,25,26,27)/t14-/m1/s1. The Hall–Kier alpha value is -3.81. The molecule has 1 aliphatic heterocycles. The van der Waals surface area contributed by atoms with Gasteiger partial charge >= 0.3 is 6.09 Å². The summed E-state index contributed by atoms with van der Waals surface area (Å²) in [6.45, 7) is 0.539. The van der Waals surface area contributed by atoms with E-state index >= 15 is 0 Å². The van der Waals surface area contributed by atoms with Gasteiger partial charge in [0.2, 0.25) is 0 Å². The number of aromatic nitrogens is 2. The third-order valence-electron chi connectivity index (χ3n) is 4.81. The molecule has 0 bridgehead atoms. The molecular formula is C20H20F2N6O3. The van der Waals surface area contributed by atoms with E-state index in [4.69, 9.17) is 15.7 Å². The van der Waals surface area contributed by atoms with Crippen molar-refractivity contribution in [1.29, 1.82) is 5.26 Å². The molecule has 2 amide bonds. The van der Waals surface area contributed by atoms with E-state index < -0.39 is 36.9 Å². The lowest BCUT2D eigenvalue weighted by molar-refractivity contribution is -0.0789. The Balaban J connectivity index is 1.86. The topological polar surface area (TPSA) is 134 Å². The van der Waals surface area contributed by atoms with Crippen molar-refractivity contribution in [2.24, 2.45) is 5.73 Å². The van der Waals surface area contributed by atoms with Crippen LogP contribution in [0.4, 0.5) is 25.2 Å². The van der Waals surface area contributed by atoms with Gasteiger partial charge in [-0.15, -0.1) is 0 Å². The lowest BCUT2D eigenvalue weighted by Gasteiger charge is -2.39. The number of amides is 2. The number of rotatable bonds is 5. The van der Waals surface area contributed by atoms with Crippen LogP contribution in [-0.4, -0.2) is 52.0 Å². The fourth-order valence-corrected chi connectivity index (χ4v) is 3.23. The fourth-order valence-electron chi connectivity index (χ4n) is 3.23. The summed E-state index contributed by atoms with van der Waals surface area (Å²) in [4.78, 5) is 33.4. The number of pyridine rings is 2. The lowest BCUT2D eigenvalue weighted by Crippen LogP contribution is -2.53. The zero-order valence-corrected chi connectivity index (χ0v) is 16.6. The zero-order valence-electron chi connectivity index (χ0n) is 16.6. The molecular weight excluding hydrogens is 410 g/mol. The highest BCUT2D eigenvalue weighted by atomic mass is 19.3. The molecule has 1 aliphatic rings. The van der Waals surface area contributed by atoms with Crippen molar-refractivity contribution >= 4 is 23.6 Å². The van der Waals surface area contributed by atoms with Gasteiger partial charge in [-0.25, -0.2) is 23.5 Å². The van der Waals surface area contributed by atoms with Gasteiger partial charge < -0.3 is 20.7 Å². The molecule has 9 nitrogen and oxygen atoms in total. The second-order valence-electron chi connectivity index (χ2n) is 7.14. The van der Waals surface area contributed by atoms with Gasteiger partial charge in [-0.05, 0) is 37.1 Å². The van der Waals surface area contributed by atoms with Crippen LogP contribution < -0.4 is 11.1 Å². The number of piperidine rings is 1. The van der Waals surface area contributed by atoms with Crippen LogP contribution in [0.25, 0.3) is 0 Å². The number of anilines is 2. The number of nitrogens with two attached hydrogens (primary N) is 1. The van der Waals surface area contributed by atoms with E-state index in [1.807, 2.05) is 6.07 Å². The largest absolute Gasteiger partial charge is 0.448 e. The number of primary amides is 1. The van der Waals surface area contributed by atoms with Gasteiger partial charge in [-0.2, -0.15) is 5.26 Å². The van der Waals surface area contributed by atoms with Crippen molar-refractivity contribution in [3.63, 3.8) is 0 Å². The molecule has 2 aromatic rings. The molecule has 3 rings (SSSR count).